The van der Waals surface area contributed by atoms with Gasteiger partial charge in [-0.15, -0.1) is 0 Å². The van der Waals surface area contributed by atoms with Crippen LogP contribution < -0.4 is 15.4 Å². The van der Waals surface area contributed by atoms with Crippen molar-refractivity contribution in [3.8, 4) is 0 Å². The van der Waals surface area contributed by atoms with Gasteiger partial charge in [0.1, 0.15) is 11.6 Å². The summed E-state index contributed by atoms with van der Waals surface area (Å²) in [7, 11) is 3.86. The molecule has 1 aromatic carbocycles. The predicted octanol–water partition coefficient (Wildman–Crippen LogP) is 0.496. The first kappa shape index (κ1) is 23.0. The van der Waals surface area contributed by atoms with Gasteiger partial charge in [-0.25, -0.2) is 4.98 Å². The maximum Gasteiger partial charge on any atom is 0.255 e. The number of hydrogen-bond acceptors (Lipinski definition) is 7. The Balaban J connectivity index is 1.32. The molecule has 0 atom stereocenters. The molecule has 3 aliphatic heterocycles. The van der Waals surface area contributed by atoms with Crippen molar-refractivity contribution in [2.75, 3.05) is 75.9 Å². The number of anilines is 2. The van der Waals surface area contributed by atoms with E-state index in [0.29, 0.717) is 44.5 Å². The number of piperazine rings is 1. The fourth-order valence-electron chi connectivity index (χ4n) is 5.08. The number of likely N-dealkylation sites (N-methyl/N-ethyl adjacent to an activating group) is 1. The molecule has 182 valence electrons. The minimum atomic E-state index is -0.143. The van der Waals surface area contributed by atoms with E-state index in [-0.39, 0.29) is 17.9 Å². The summed E-state index contributed by atoms with van der Waals surface area (Å²) in [4.78, 5) is 39.5. The van der Waals surface area contributed by atoms with E-state index in [1.165, 1.54) is 15.7 Å². The Hall–Kier alpha value is -2.75. The first-order chi connectivity index (χ1) is 16.5. The Morgan fingerprint density at radius 2 is 1.79 bits per heavy atom. The zero-order chi connectivity index (χ0) is 23.7. The molecule has 1 aromatic heterocycles. The molecule has 9 heteroatoms. The zero-order valence-corrected chi connectivity index (χ0v) is 20.2. The summed E-state index contributed by atoms with van der Waals surface area (Å²) < 4.78 is 6.90. The quantitative estimate of drug-likeness (QED) is 0.635. The van der Waals surface area contributed by atoms with E-state index in [0.717, 1.165) is 44.8 Å². The van der Waals surface area contributed by atoms with Gasteiger partial charge in [0.15, 0.2) is 0 Å². The second-order valence-corrected chi connectivity index (χ2v) is 9.49. The molecule has 2 aromatic rings. The van der Waals surface area contributed by atoms with E-state index in [2.05, 4.69) is 33.9 Å². The second-order valence-electron chi connectivity index (χ2n) is 9.49. The van der Waals surface area contributed by atoms with Crippen LogP contribution in [-0.4, -0.2) is 91.3 Å². The molecular formula is C25H34N6O3. The fraction of sp³-hybridized carbons (Fsp3) is 0.560. The van der Waals surface area contributed by atoms with Crippen molar-refractivity contribution in [3.63, 3.8) is 0 Å². The molecule has 0 N–H and O–H groups in total. The number of morpholine rings is 1. The number of fused-ring (bicyclic) bond motifs is 1. The smallest absolute Gasteiger partial charge is 0.255 e. The molecule has 34 heavy (non-hydrogen) atoms. The van der Waals surface area contributed by atoms with E-state index in [4.69, 9.17) is 9.72 Å². The Kier molecular flexibility index (Phi) is 6.67. The first-order valence-electron chi connectivity index (χ1n) is 12.2. The largest absolute Gasteiger partial charge is 0.378 e. The highest BCUT2D eigenvalue weighted by atomic mass is 16.5. The van der Waals surface area contributed by atoms with Crippen LogP contribution in [0.2, 0.25) is 0 Å². The zero-order valence-electron chi connectivity index (χ0n) is 20.2. The van der Waals surface area contributed by atoms with Crippen LogP contribution in [-0.2, 0) is 36.0 Å². The van der Waals surface area contributed by atoms with Gasteiger partial charge in [0.2, 0.25) is 5.91 Å². The van der Waals surface area contributed by atoms with Crippen LogP contribution >= 0.6 is 0 Å². The molecule has 0 unspecified atom stereocenters. The second kappa shape index (κ2) is 9.85. The van der Waals surface area contributed by atoms with Crippen molar-refractivity contribution in [3.05, 3.63) is 51.6 Å². The van der Waals surface area contributed by atoms with Crippen molar-refractivity contribution >= 4 is 17.4 Å². The maximum absolute atomic E-state index is 13.4. The summed E-state index contributed by atoms with van der Waals surface area (Å²) in [6.45, 7) is 8.56. The molecule has 2 saturated heterocycles. The number of ether oxygens (including phenoxy) is 1. The average molecular weight is 467 g/mol. The van der Waals surface area contributed by atoms with Gasteiger partial charge in [0, 0.05) is 71.2 Å². The number of carbonyl (C=O) groups excluding carboxylic acids is 1. The van der Waals surface area contributed by atoms with Gasteiger partial charge in [-0.1, -0.05) is 12.1 Å². The Morgan fingerprint density at radius 3 is 2.56 bits per heavy atom. The molecule has 0 radical (unpaired) electrons. The highest BCUT2D eigenvalue weighted by molar-refractivity contribution is 5.96. The standard InChI is InChI=1S/C25H34N6O3/c1-27-8-10-29(11-9-27)18-19-4-3-5-21-20(19)6-7-31(21)25(33)16-22-26-23(17-24(32)28(22)2)30-12-14-34-15-13-30/h3-5,17H,6-16,18H2,1-2H3. The van der Waals surface area contributed by atoms with Crippen molar-refractivity contribution in [1.82, 2.24) is 19.4 Å². The maximum atomic E-state index is 13.4. The van der Waals surface area contributed by atoms with Crippen LogP contribution in [0.4, 0.5) is 11.5 Å². The molecule has 4 heterocycles. The summed E-state index contributed by atoms with van der Waals surface area (Å²) in [6, 6.07) is 7.85. The van der Waals surface area contributed by atoms with Crippen molar-refractivity contribution in [2.24, 2.45) is 7.05 Å². The van der Waals surface area contributed by atoms with E-state index in [9.17, 15) is 9.59 Å². The van der Waals surface area contributed by atoms with Gasteiger partial charge in [-0.2, -0.15) is 0 Å². The Labute approximate surface area is 200 Å². The number of carbonyl (C=O) groups is 1. The monoisotopic (exact) mass is 466 g/mol. The summed E-state index contributed by atoms with van der Waals surface area (Å²) >= 11 is 0. The topological polar surface area (TPSA) is 74.2 Å². The lowest BCUT2D eigenvalue weighted by molar-refractivity contribution is -0.118. The summed E-state index contributed by atoms with van der Waals surface area (Å²) in [6.07, 6.45) is 0.969. The number of nitrogens with zero attached hydrogens (tertiary/aromatic N) is 6. The van der Waals surface area contributed by atoms with E-state index >= 15 is 0 Å². The molecule has 1 amide bonds. The summed E-state index contributed by atoms with van der Waals surface area (Å²) in [5.41, 5.74) is 3.46. The van der Waals surface area contributed by atoms with Crippen LogP contribution in [0.5, 0.6) is 0 Å². The third-order valence-electron chi connectivity index (χ3n) is 7.27. The lowest BCUT2D eigenvalue weighted by Gasteiger charge is -2.32. The molecular weight excluding hydrogens is 432 g/mol. The molecule has 3 aliphatic rings. The molecule has 0 saturated carbocycles. The number of benzene rings is 1. The highest BCUT2D eigenvalue weighted by Crippen LogP contribution is 2.32. The van der Waals surface area contributed by atoms with Gasteiger partial charge >= 0.3 is 0 Å². The minimum Gasteiger partial charge on any atom is -0.378 e. The molecule has 2 fully saturated rings. The van der Waals surface area contributed by atoms with Crippen LogP contribution in [0.15, 0.2) is 29.1 Å². The summed E-state index contributed by atoms with van der Waals surface area (Å²) in [5, 5.41) is 0. The molecule has 0 aliphatic carbocycles. The SMILES string of the molecule is CN1CCN(Cc2cccc3c2CCN3C(=O)Cc2nc(N3CCOCC3)cc(=O)n2C)CC1. The summed E-state index contributed by atoms with van der Waals surface area (Å²) in [5.74, 6) is 1.11. The van der Waals surface area contributed by atoms with Crippen molar-refractivity contribution in [1.29, 1.82) is 0 Å². The molecule has 0 spiro atoms. The Bertz CT molecular complexity index is 1100. The third-order valence-corrected chi connectivity index (χ3v) is 7.27. The van der Waals surface area contributed by atoms with Crippen LogP contribution in [0.1, 0.15) is 17.0 Å². The normalized spacial score (nSPS) is 19.5. The highest BCUT2D eigenvalue weighted by Gasteiger charge is 2.28. The van der Waals surface area contributed by atoms with Gasteiger partial charge in [-0.3, -0.25) is 19.1 Å². The minimum absolute atomic E-state index is 0.0166. The van der Waals surface area contributed by atoms with Gasteiger partial charge < -0.3 is 19.4 Å². The van der Waals surface area contributed by atoms with E-state index in [1.54, 1.807) is 13.1 Å². The number of aromatic nitrogens is 2. The molecule has 9 nitrogen and oxygen atoms in total. The fourth-order valence-corrected chi connectivity index (χ4v) is 5.08. The molecule has 5 rings (SSSR count). The first-order valence-corrected chi connectivity index (χ1v) is 12.2. The number of hydrogen-bond donors (Lipinski definition) is 0. The predicted molar refractivity (Wildman–Crippen MR) is 131 cm³/mol. The number of amides is 1. The van der Waals surface area contributed by atoms with Crippen LogP contribution in [0, 0.1) is 0 Å². The number of rotatable bonds is 5. The lowest BCUT2D eigenvalue weighted by Crippen LogP contribution is -2.44. The Morgan fingerprint density at radius 1 is 1.03 bits per heavy atom. The van der Waals surface area contributed by atoms with Gasteiger partial charge in [0.25, 0.3) is 5.56 Å². The average Bonchev–Trinajstić information content (AvgIpc) is 3.29. The lowest BCUT2D eigenvalue weighted by atomic mass is 10.0. The van der Waals surface area contributed by atoms with Gasteiger partial charge in [-0.05, 0) is 30.7 Å². The van der Waals surface area contributed by atoms with Gasteiger partial charge in [0.05, 0.1) is 19.6 Å². The van der Waals surface area contributed by atoms with Crippen molar-refractivity contribution in [2.45, 2.75) is 19.4 Å². The van der Waals surface area contributed by atoms with E-state index < -0.39 is 0 Å². The van der Waals surface area contributed by atoms with Crippen LogP contribution in [0.25, 0.3) is 0 Å². The molecule has 0 bridgehead atoms. The van der Waals surface area contributed by atoms with E-state index in [1.807, 2.05) is 11.0 Å². The van der Waals surface area contributed by atoms with Crippen molar-refractivity contribution < 1.29 is 9.53 Å². The third kappa shape index (κ3) is 4.73. The van der Waals surface area contributed by atoms with Crippen LogP contribution in [0.3, 0.4) is 0 Å².